The highest BCUT2D eigenvalue weighted by Gasteiger charge is 2.20. The molecule has 0 fully saturated rings. The molecular formula is C19H14ClFN2O3S. The first-order valence-electron chi connectivity index (χ1n) is 7.87. The fourth-order valence-electron chi connectivity index (χ4n) is 2.42. The van der Waals surface area contributed by atoms with Crippen molar-refractivity contribution in [2.75, 3.05) is 12.4 Å². The molecule has 0 saturated carbocycles. The van der Waals surface area contributed by atoms with Crippen molar-refractivity contribution >= 4 is 39.9 Å². The normalized spacial score (nSPS) is 10.5. The second kappa shape index (κ2) is 8.28. The first-order valence-corrected chi connectivity index (χ1v) is 9.06. The van der Waals surface area contributed by atoms with Gasteiger partial charge in [0.05, 0.1) is 29.8 Å². The van der Waals surface area contributed by atoms with E-state index in [9.17, 15) is 14.0 Å². The predicted octanol–water partition coefficient (Wildman–Crippen LogP) is 4.57. The van der Waals surface area contributed by atoms with Crippen molar-refractivity contribution in [1.29, 1.82) is 0 Å². The van der Waals surface area contributed by atoms with Gasteiger partial charge in [-0.25, -0.2) is 9.37 Å². The molecule has 8 heteroatoms. The van der Waals surface area contributed by atoms with Crippen LogP contribution in [0.25, 0.3) is 11.3 Å². The first kappa shape index (κ1) is 19.0. The number of amides is 1. The molecule has 0 aliphatic rings. The van der Waals surface area contributed by atoms with Gasteiger partial charge in [0.15, 0.2) is 5.13 Å². The highest BCUT2D eigenvalue weighted by Crippen LogP contribution is 2.32. The van der Waals surface area contributed by atoms with Crippen LogP contribution in [0.5, 0.6) is 0 Å². The largest absolute Gasteiger partial charge is 0.469 e. The SMILES string of the molecule is COC(=O)Cc1sc(NC(=O)c2c(F)cccc2Cl)nc1-c1ccccc1. The average Bonchev–Trinajstić information content (AvgIpc) is 3.04. The molecule has 5 nitrogen and oxygen atoms in total. The molecule has 2 aromatic carbocycles. The van der Waals surface area contributed by atoms with Crippen LogP contribution < -0.4 is 5.32 Å². The van der Waals surface area contributed by atoms with Gasteiger partial charge in [0.25, 0.3) is 5.91 Å². The minimum atomic E-state index is -0.727. The Morgan fingerprint density at radius 3 is 2.59 bits per heavy atom. The number of hydrogen-bond acceptors (Lipinski definition) is 5. The van der Waals surface area contributed by atoms with E-state index in [4.69, 9.17) is 16.3 Å². The van der Waals surface area contributed by atoms with Crippen molar-refractivity contribution < 1.29 is 18.7 Å². The average molecular weight is 405 g/mol. The van der Waals surface area contributed by atoms with Crippen molar-refractivity contribution in [3.63, 3.8) is 0 Å². The minimum absolute atomic E-state index is 0.00197. The summed E-state index contributed by atoms with van der Waals surface area (Å²) in [6, 6.07) is 13.2. The third kappa shape index (κ3) is 4.32. The van der Waals surface area contributed by atoms with Crippen LogP contribution >= 0.6 is 22.9 Å². The Kier molecular flexibility index (Phi) is 5.83. The zero-order chi connectivity index (χ0) is 19.4. The summed E-state index contributed by atoms with van der Waals surface area (Å²) in [7, 11) is 1.30. The van der Waals surface area contributed by atoms with Crippen LogP contribution in [0.4, 0.5) is 9.52 Å². The summed E-state index contributed by atoms with van der Waals surface area (Å²) in [5.74, 6) is -1.86. The van der Waals surface area contributed by atoms with Crippen molar-refractivity contribution in [2.45, 2.75) is 6.42 Å². The quantitative estimate of drug-likeness (QED) is 0.632. The number of ether oxygens (including phenoxy) is 1. The lowest BCUT2D eigenvalue weighted by Crippen LogP contribution is -2.14. The van der Waals surface area contributed by atoms with Crippen LogP contribution in [0.15, 0.2) is 48.5 Å². The number of benzene rings is 2. The molecule has 0 bridgehead atoms. The van der Waals surface area contributed by atoms with E-state index in [1.807, 2.05) is 30.3 Å². The van der Waals surface area contributed by atoms with E-state index >= 15 is 0 Å². The van der Waals surface area contributed by atoms with Crippen LogP contribution in [-0.4, -0.2) is 24.0 Å². The maximum atomic E-state index is 13.9. The number of esters is 1. The first-order chi connectivity index (χ1) is 13.0. The number of thiazole rings is 1. The smallest absolute Gasteiger partial charge is 0.310 e. The predicted molar refractivity (Wildman–Crippen MR) is 103 cm³/mol. The molecule has 1 N–H and O–H groups in total. The number of nitrogens with one attached hydrogen (secondary N) is 1. The van der Waals surface area contributed by atoms with E-state index in [2.05, 4.69) is 10.3 Å². The number of aromatic nitrogens is 1. The molecule has 1 heterocycles. The number of rotatable bonds is 5. The number of carbonyl (C=O) groups is 2. The molecule has 1 amide bonds. The molecule has 0 aliphatic carbocycles. The molecule has 0 aliphatic heterocycles. The summed E-state index contributed by atoms with van der Waals surface area (Å²) in [6.07, 6.45) is 0.00865. The topological polar surface area (TPSA) is 68.3 Å². The van der Waals surface area contributed by atoms with E-state index in [0.717, 1.165) is 23.0 Å². The van der Waals surface area contributed by atoms with Gasteiger partial charge in [-0.1, -0.05) is 48.0 Å². The van der Waals surface area contributed by atoms with Gasteiger partial charge in [-0.15, -0.1) is 11.3 Å². The zero-order valence-electron chi connectivity index (χ0n) is 14.2. The second-order valence-electron chi connectivity index (χ2n) is 5.46. The van der Waals surface area contributed by atoms with Gasteiger partial charge < -0.3 is 4.74 Å². The van der Waals surface area contributed by atoms with Crippen LogP contribution in [0.1, 0.15) is 15.2 Å². The molecular weight excluding hydrogens is 391 g/mol. The number of halogens is 2. The summed E-state index contributed by atoms with van der Waals surface area (Å²) in [5.41, 5.74) is 1.09. The van der Waals surface area contributed by atoms with E-state index in [1.165, 1.54) is 19.2 Å². The second-order valence-corrected chi connectivity index (χ2v) is 6.95. The fourth-order valence-corrected chi connectivity index (χ4v) is 3.64. The molecule has 1 aromatic heterocycles. The van der Waals surface area contributed by atoms with Crippen LogP contribution in [0, 0.1) is 5.82 Å². The lowest BCUT2D eigenvalue weighted by Gasteiger charge is -2.05. The Bertz CT molecular complexity index is 972. The van der Waals surface area contributed by atoms with Gasteiger partial charge in [0, 0.05) is 10.4 Å². The lowest BCUT2D eigenvalue weighted by atomic mass is 10.1. The van der Waals surface area contributed by atoms with Gasteiger partial charge in [-0.2, -0.15) is 0 Å². The zero-order valence-corrected chi connectivity index (χ0v) is 15.7. The molecule has 138 valence electrons. The van der Waals surface area contributed by atoms with Crippen molar-refractivity contribution in [1.82, 2.24) is 4.98 Å². The van der Waals surface area contributed by atoms with E-state index in [1.54, 1.807) is 0 Å². The van der Waals surface area contributed by atoms with Crippen LogP contribution in [0.3, 0.4) is 0 Å². The highest BCUT2D eigenvalue weighted by atomic mass is 35.5. The molecule has 0 spiro atoms. The Balaban J connectivity index is 1.94. The molecule has 0 atom stereocenters. The van der Waals surface area contributed by atoms with E-state index in [0.29, 0.717) is 10.6 Å². The Morgan fingerprint density at radius 1 is 1.19 bits per heavy atom. The Morgan fingerprint density at radius 2 is 1.93 bits per heavy atom. The number of nitrogens with zero attached hydrogens (tertiary/aromatic N) is 1. The van der Waals surface area contributed by atoms with Gasteiger partial charge >= 0.3 is 5.97 Å². The fraction of sp³-hybridized carbons (Fsp3) is 0.105. The minimum Gasteiger partial charge on any atom is -0.469 e. The maximum absolute atomic E-state index is 13.9. The standard InChI is InChI=1S/C19H14ClFN2O3S/c1-26-15(24)10-14-17(11-6-3-2-4-7-11)22-19(27-14)23-18(25)16-12(20)8-5-9-13(16)21/h2-9H,10H2,1H3,(H,22,23,25). The van der Waals surface area contributed by atoms with Crippen molar-refractivity contribution in [3.8, 4) is 11.3 Å². The summed E-state index contributed by atoms with van der Waals surface area (Å²) < 4.78 is 18.7. The molecule has 27 heavy (non-hydrogen) atoms. The third-order valence-electron chi connectivity index (χ3n) is 3.69. The van der Waals surface area contributed by atoms with Gasteiger partial charge in [0.1, 0.15) is 5.82 Å². The molecule has 0 unspecified atom stereocenters. The Hall–Kier alpha value is -2.77. The maximum Gasteiger partial charge on any atom is 0.310 e. The molecule has 3 aromatic rings. The third-order valence-corrected chi connectivity index (χ3v) is 4.97. The van der Waals surface area contributed by atoms with Crippen LogP contribution in [-0.2, 0) is 16.0 Å². The summed E-state index contributed by atoms with van der Waals surface area (Å²) in [5, 5.41) is 2.79. The van der Waals surface area contributed by atoms with E-state index < -0.39 is 17.7 Å². The number of hydrogen-bond donors (Lipinski definition) is 1. The summed E-state index contributed by atoms with van der Waals surface area (Å²) >= 11 is 7.05. The van der Waals surface area contributed by atoms with Crippen molar-refractivity contribution in [2.24, 2.45) is 0 Å². The number of anilines is 1. The van der Waals surface area contributed by atoms with E-state index in [-0.39, 0.29) is 22.1 Å². The molecule has 0 radical (unpaired) electrons. The lowest BCUT2D eigenvalue weighted by molar-refractivity contribution is -0.139. The summed E-state index contributed by atoms with van der Waals surface area (Å²) in [4.78, 5) is 29.2. The highest BCUT2D eigenvalue weighted by molar-refractivity contribution is 7.16. The summed E-state index contributed by atoms with van der Waals surface area (Å²) in [6.45, 7) is 0. The van der Waals surface area contributed by atoms with Gasteiger partial charge in [-0.3, -0.25) is 14.9 Å². The van der Waals surface area contributed by atoms with Gasteiger partial charge in [-0.05, 0) is 12.1 Å². The number of methoxy groups -OCH3 is 1. The molecule has 0 saturated heterocycles. The van der Waals surface area contributed by atoms with Crippen LogP contribution in [0.2, 0.25) is 5.02 Å². The van der Waals surface area contributed by atoms with Gasteiger partial charge in [0.2, 0.25) is 0 Å². The Labute approximate surface area is 163 Å². The molecule has 3 rings (SSSR count). The van der Waals surface area contributed by atoms with Crippen molar-refractivity contribution in [3.05, 3.63) is 69.8 Å². The monoisotopic (exact) mass is 404 g/mol. The number of carbonyl (C=O) groups excluding carboxylic acids is 2.